The lowest BCUT2D eigenvalue weighted by Gasteiger charge is -2.26. The van der Waals surface area contributed by atoms with Crippen LogP contribution in [0.3, 0.4) is 0 Å². The molecule has 0 aliphatic heterocycles. The minimum atomic E-state index is -4.20. The largest absolute Gasteiger partial charge is 0.495 e. The van der Waals surface area contributed by atoms with Crippen molar-refractivity contribution in [2.24, 2.45) is 0 Å². The number of ether oxygens (including phenoxy) is 2. The first-order valence-electron chi connectivity index (χ1n) is 11.4. The molecule has 0 heterocycles. The van der Waals surface area contributed by atoms with E-state index in [1.54, 1.807) is 42.5 Å². The quantitative estimate of drug-likeness (QED) is 0.235. The highest BCUT2D eigenvalue weighted by Crippen LogP contribution is 2.36. The van der Waals surface area contributed by atoms with Crippen LogP contribution in [0.2, 0.25) is 10.0 Å². The van der Waals surface area contributed by atoms with E-state index >= 15 is 0 Å². The van der Waals surface area contributed by atoms with E-state index in [9.17, 15) is 13.2 Å². The molecule has 0 aliphatic rings. The van der Waals surface area contributed by atoms with Gasteiger partial charge in [0.25, 0.3) is 10.0 Å². The predicted molar refractivity (Wildman–Crippen MR) is 150 cm³/mol. The van der Waals surface area contributed by atoms with Gasteiger partial charge in [-0.05, 0) is 67.6 Å². The lowest BCUT2D eigenvalue weighted by atomic mass is 10.2. The molecule has 10 heteroatoms. The highest BCUT2D eigenvalue weighted by atomic mass is 35.5. The Labute approximate surface area is 231 Å². The fraction of sp³-hybridized carbons (Fsp3) is 0.107. The van der Waals surface area contributed by atoms with Crippen molar-refractivity contribution in [3.63, 3.8) is 0 Å². The van der Waals surface area contributed by atoms with Crippen molar-refractivity contribution in [1.29, 1.82) is 0 Å². The molecule has 4 aromatic carbocycles. The molecule has 0 radical (unpaired) electrons. The van der Waals surface area contributed by atoms with Gasteiger partial charge < -0.3 is 14.8 Å². The fourth-order valence-electron chi connectivity index (χ4n) is 3.62. The summed E-state index contributed by atoms with van der Waals surface area (Å²) >= 11 is 12.4. The molecule has 196 valence electrons. The van der Waals surface area contributed by atoms with Crippen molar-refractivity contribution >= 4 is 50.5 Å². The van der Waals surface area contributed by atoms with Crippen molar-refractivity contribution in [3.05, 3.63) is 107 Å². The normalized spacial score (nSPS) is 11.1. The van der Waals surface area contributed by atoms with Crippen molar-refractivity contribution in [2.45, 2.75) is 11.8 Å². The summed E-state index contributed by atoms with van der Waals surface area (Å²) in [4.78, 5) is 13.3. The Balaban J connectivity index is 1.70. The zero-order valence-electron chi connectivity index (χ0n) is 20.5. The van der Waals surface area contributed by atoms with E-state index in [4.69, 9.17) is 32.7 Å². The van der Waals surface area contributed by atoms with Crippen LogP contribution in [-0.2, 0) is 14.8 Å². The third kappa shape index (κ3) is 6.39. The van der Waals surface area contributed by atoms with Crippen LogP contribution in [0.4, 0.5) is 11.4 Å². The van der Waals surface area contributed by atoms with E-state index in [2.05, 4.69) is 5.32 Å². The molecule has 0 saturated heterocycles. The van der Waals surface area contributed by atoms with E-state index < -0.39 is 22.5 Å². The maximum Gasteiger partial charge on any atom is 0.264 e. The van der Waals surface area contributed by atoms with Crippen LogP contribution in [0.1, 0.15) is 5.56 Å². The SMILES string of the molecule is COc1ccc(Cl)cc1N(CC(=O)Nc1cc(Cl)ccc1Oc1ccccc1)S(=O)(=O)c1ccc(C)cc1. The monoisotopic (exact) mass is 570 g/mol. The average molecular weight is 571 g/mol. The topological polar surface area (TPSA) is 84.9 Å². The summed E-state index contributed by atoms with van der Waals surface area (Å²) in [6.45, 7) is 1.27. The number of hydrogen-bond donors (Lipinski definition) is 1. The van der Waals surface area contributed by atoms with Gasteiger partial charge in [-0.3, -0.25) is 9.10 Å². The molecule has 0 atom stereocenters. The van der Waals surface area contributed by atoms with Gasteiger partial charge in [-0.15, -0.1) is 0 Å². The van der Waals surface area contributed by atoms with Crippen LogP contribution >= 0.6 is 23.2 Å². The van der Waals surface area contributed by atoms with Gasteiger partial charge in [-0.25, -0.2) is 8.42 Å². The second-order valence-corrected chi connectivity index (χ2v) is 11.0. The Bertz CT molecular complexity index is 1550. The molecule has 1 amide bonds. The summed E-state index contributed by atoms with van der Waals surface area (Å²) in [6.07, 6.45) is 0. The third-order valence-electron chi connectivity index (χ3n) is 5.49. The van der Waals surface area contributed by atoms with Gasteiger partial charge in [0.05, 0.1) is 23.4 Å². The number of methoxy groups -OCH3 is 1. The lowest BCUT2D eigenvalue weighted by Crippen LogP contribution is -2.38. The second-order valence-electron chi connectivity index (χ2n) is 8.24. The van der Waals surface area contributed by atoms with Crippen LogP contribution in [0, 0.1) is 6.92 Å². The van der Waals surface area contributed by atoms with Crippen molar-refractivity contribution in [1.82, 2.24) is 0 Å². The first-order valence-corrected chi connectivity index (χ1v) is 13.6. The molecule has 0 aromatic heterocycles. The second kappa shape index (κ2) is 11.8. The van der Waals surface area contributed by atoms with E-state index in [0.29, 0.717) is 16.5 Å². The molecule has 0 spiro atoms. The number of para-hydroxylation sites is 1. The van der Waals surface area contributed by atoms with Crippen LogP contribution in [-0.4, -0.2) is 28.0 Å². The van der Waals surface area contributed by atoms with Crippen molar-refractivity contribution in [3.8, 4) is 17.2 Å². The molecule has 7 nitrogen and oxygen atoms in total. The van der Waals surface area contributed by atoms with Crippen molar-refractivity contribution in [2.75, 3.05) is 23.3 Å². The highest BCUT2D eigenvalue weighted by Gasteiger charge is 2.30. The minimum absolute atomic E-state index is 0.00813. The number of nitrogens with one attached hydrogen (secondary N) is 1. The Morgan fingerprint density at radius 1 is 0.868 bits per heavy atom. The molecule has 0 fully saturated rings. The Morgan fingerprint density at radius 3 is 2.16 bits per heavy atom. The first kappa shape index (κ1) is 27.3. The molecule has 0 saturated carbocycles. The van der Waals surface area contributed by atoms with Crippen molar-refractivity contribution < 1.29 is 22.7 Å². The summed E-state index contributed by atoms with van der Waals surface area (Å²) in [7, 11) is -2.79. The molecular formula is C28H24Cl2N2O5S. The number of anilines is 2. The summed E-state index contributed by atoms with van der Waals surface area (Å²) < 4.78 is 39.8. The van der Waals surface area contributed by atoms with E-state index in [-0.39, 0.29) is 27.0 Å². The molecule has 0 unspecified atom stereocenters. The molecule has 4 aromatic rings. The number of benzene rings is 4. The van der Waals surface area contributed by atoms with Crippen LogP contribution in [0.15, 0.2) is 95.9 Å². The molecule has 0 bridgehead atoms. The summed E-state index contributed by atoms with van der Waals surface area (Å²) in [5.41, 5.74) is 1.28. The van der Waals surface area contributed by atoms with E-state index in [1.165, 1.54) is 37.4 Å². The molecule has 0 aliphatic carbocycles. The molecule has 38 heavy (non-hydrogen) atoms. The van der Waals surface area contributed by atoms with Gasteiger partial charge in [-0.1, -0.05) is 59.1 Å². The maximum absolute atomic E-state index is 13.8. The maximum atomic E-state index is 13.8. The fourth-order valence-corrected chi connectivity index (χ4v) is 5.38. The van der Waals surface area contributed by atoms with E-state index in [1.807, 2.05) is 25.1 Å². The highest BCUT2D eigenvalue weighted by molar-refractivity contribution is 7.92. The van der Waals surface area contributed by atoms with Gasteiger partial charge in [0.2, 0.25) is 5.91 Å². The standard InChI is InChI=1S/C28H24Cl2N2O5S/c1-19-8-12-23(13-9-19)38(34,35)32(25-17-21(30)11-15-27(25)36-2)18-28(33)31-24-16-20(29)10-14-26(24)37-22-6-4-3-5-7-22/h3-17H,18H2,1-2H3,(H,31,33). The third-order valence-corrected chi connectivity index (χ3v) is 7.74. The Kier molecular flexibility index (Phi) is 8.46. The summed E-state index contributed by atoms with van der Waals surface area (Å²) in [5.74, 6) is 0.483. The van der Waals surface area contributed by atoms with Gasteiger partial charge >= 0.3 is 0 Å². The lowest BCUT2D eigenvalue weighted by molar-refractivity contribution is -0.114. The van der Waals surface area contributed by atoms with Crippen LogP contribution in [0.25, 0.3) is 0 Å². The van der Waals surface area contributed by atoms with Crippen LogP contribution in [0.5, 0.6) is 17.2 Å². The molecule has 1 N–H and O–H groups in total. The number of nitrogens with zero attached hydrogens (tertiary/aromatic N) is 1. The average Bonchev–Trinajstić information content (AvgIpc) is 2.89. The number of carbonyl (C=O) groups excluding carboxylic acids is 1. The summed E-state index contributed by atoms with van der Waals surface area (Å²) in [6, 6.07) is 24.6. The Morgan fingerprint density at radius 2 is 1.50 bits per heavy atom. The predicted octanol–water partition coefficient (Wildman–Crippen LogP) is 6.94. The zero-order chi connectivity index (χ0) is 27.3. The number of hydrogen-bond acceptors (Lipinski definition) is 5. The molecule has 4 rings (SSSR count). The number of sulfonamides is 1. The number of amides is 1. The number of aryl methyl sites for hydroxylation is 1. The van der Waals surface area contributed by atoms with Crippen LogP contribution < -0.4 is 19.1 Å². The smallest absolute Gasteiger partial charge is 0.264 e. The summed E-state index contributed by atoms with van der Waals surface area (Å²) in [5, 5.41) is 3.37. The minimum Gasteiger partial charge on any atom is -0.495 e. The van der Waals surface area contributed by atoms with Gasteiger partial charge in [0, 0.05) is 10.0 Å². The van der Waals surface area contributed by atoms with Gasteiger partial charge in [-0.2, -0.15) is 0 Å². The van der Waals surface area contributed by atoms with Gasteiger partial charge in [0.15, 0.2) is 5.75 Å². The Hall–Kier alpha value is -3.72. The molecular weight excluding hydrogens is 547 g/mol. The van der Waals surface area contributed by atoms with E-state index in [0.717, 1.165) is 9.87 Å². The van der Waals surface area contributed by atoms with Gasteiger partial charge in [0.1, 0.15) is 18.0 Å². The zero-order valence-corrected chi connectivity index (χ0v) is 22.8. The number of rotatable bonds is 9. The first-order chi connectivity index (χ1) is 18.2. The number of halogens is 2. The number of carbonyl (C=O) groups is 1.